The lowest BCUT2D eigenvalue weighted by molar-refractivity contribution is -0.387. The summed E-state index contributed by atoms with van der Waals surface area (Å²) in [6, 6.07) is 13.0. The van der Waals surface area contributed by atoms with Crippen molar-refractivity contribution in [2.24, 2.45) is 0 Å². The van der Waals surface area contributed by atoms with E-state index in [1.165, 1.54) is 18.2 Å². The van der Waals surface area contributed by atoms with Crippen LogP contribution < -0.4 is 0 Å². The number of benzene rings is 2. The molecule has 28 heavy (non-hydrogen) atoms. The molecule has 0 amide bonds. The van der Waals surface area contributed by atoms with Gasteiger partial charge in [-0.2, -0.15) is 4.31 Å². The van der Waals surface area contributed by atoms with Crippen molar-refractivity contribution in [3.05, 3.63) is 70.3 Å². The van der Waals surface area contributed by atoms with Crippen molar-refractivity contribution in [1.82, 2.24) is 4.31 Å². The molecule has 148 valence electrons. The van der Waals surface area contributed by atoms with Crippen molar-refractivity contribution in [2.45, 2.75) is 23.5 Å². The van der Waals surface area contributed by atoms with Crippen LogP contribution in [0.1, 0.15) is 5.56 Å². The molecule has 1 aliphatic rings. The number of halogens is 1. The van der Waals surface area contributed by atoms with E-state index in [4.69, 9.17) is 4.74 Å². The zero-order valence-electron chi connectivity index (χ0n) is 14.6. The van der Waals surface area contributed by atoms with Crippen LogP contribution in [0.2, 0.25) is 0 Å². The highest BCUT2D eigenvalue weighted by molar-refractivity contribution is 14.1. The standard InChI is InChI=1S/C18H17IN2O6S/c19-11-14-12-20(16(18(22)27-14)10-13-6-2-1-3-7-13)28(25,26)17-9-5-4-8-15(17)21(23)24/h1-9,14,16H,10-12H2/t14-,16-/m0/s1. The van der Waals surface area contributed by atoms with Crippen LogP contribution in [-0.4, -0.2) is 46.7 Å². The summed E-state index contributed by atoms with van der Waals surface area (Å²) in [5.41, 5.74) is 0.242. The van der Waals surface area contributed by atoms with Crippen LogP contribution in [0, 0.1) is 10.1 Å². The molecule has 1 aliphatic heterocycles. The van der Waals surface area contributed by atoms with Crippen molar-refractivity contribution < 1.29 is 22.9 Å². The SMILES string of the molecule is O=C1O[C@@H](CI)CN(S(=O)(=O)c2ccccc2[N+](=O)[O-])[C@H]1Cc1ccccc1. The number of cyclic esters (lactones) is 1. The van der Waals surface area contributed by atoms with Gasteiger partial charge in [0.05, 0.1) is 11.5 Å². The highest BCUT2D eigenvalue weighted by atomic mass is 127. The Hall–Kier alpha value is -2.05. The van der Waals surface area contributed by atoms with Gasteiger partial charge < -0.3 is 4.74 Å². The summed E-state index contributed by atoms with van der Waals surface area (Å²) in [6.07, 6.45) is -0.495. The topological polar surface area (TPSA) is 107 Å². The molecule has 8 nitrogen and oxygen atoms in total. The minimum atomic E-state index is -4.30. The number of hydrogen-bond acceptors (Lipinski definition) is 6. The fourth-order valence-electron chi connectivity index (χ4n) is 3.05. The highest BCUT2D eigenvalue weighted by Crippen LogP contribution is 2.31. The molecule has 0 spiro atoms. The molecule has 0 aliphatic carbocycles. The van der Waals surface area contributed by atoms with E-state index >= 15 is 0 Å². The largest absolute Gasteiger partial charge is 0.459 e. The minimum absolute atomic E-state index is 0.0550. The summed E-state index contributed by atoms with van der Waals surface area (Å²) in [5.74, 6) is -0.654. The molecule has 2 aromatic rings. The average Bonchev–Trinajstić information content (AvgIpc) is 2.70. The number of esters is 1. The third-order valence-corrected chi connectivity index (χ3v) is 7.28. The van der Waals surface area contributed by atoms with Crippen LogP contribution in [0.25, 0.3) is 0 Å². The van der Waals surface area contributed by atoms with Gasteiger partial charge in [-0.1, -0.05) is 65.1 Å². The maximum Gasteiger partial charge on any atom is 0.325 e. The number of morpholine rings is 1. The summed E-state index contributed by atoms with van der Waals surface area (Å²) in [7, 11) is -4.30. The molecule has 1 heterocycles. The van der Waals surface area contributed by atoms with Crippen LogP contribution in [-0.2, 0) is 26.0 Å². The van der Waals surface area contributed by atoms with Gasteiger partial charge in [-0.3, -0.25) is 14.9 Å². The number of alkyl halides is 1. The number of nitrogens with zero attached hydrogens (tertiary/aromatic N) is 2. The van der Waals surface area contributed by atoms with Crippen molar-refractivity contribution in [3.63, 3.8) is 0 Å². The highest BCUT2D eigenvalue weighted by Gasteiger charge is 2.45. The Kier molecular flexibility index (Phi) is 6.30. The van der Waals surface area contributed by atoms with E-state index < -0.39 is 43.6 Å². The molecule has 1 saturated heterocycles. The first kappa shape index (κ1) is 20.7. The summed E-state index contributed by atoms with van der Waals surface area (Å²) in [6.45, 7) is -0.0550. The predicted molar refractivity (Wildman–Crippen MR) is 110 cm³/mol. The first-order chi connectivity index (χ1) is 13.3. The van der Waals surface area contributed by atoms with Gasteiger partial charge >= 0.3 is 5.97 Å². The van der Waals surface area contributed by atoms with Gasteiger partial charge in [0.15, 0.2) is 4.90 Å². The van der Waals surface area contributed by atoms with Crippen LogP contribution >= 0.6 is 22.6 Å². The van der Waals surface area contributed by atoms with Gasteiger partial charge in [-0.05, 0) is 18.1 Å². The fourth-order valence-corrected chi connectivity index (χ4v) is 5.27. The van der Waals surface area contributed by atoms with E-state index in [1.807, 2.05) is 28.7 Å². The Morgan fingerprint density at radius 3 is 2.43 bits per heavy atom. The molecule has 2 aromatic carbocycles. The molecule has 0 N–H and O–H groups in total. The van der Waals surface area contributed by atoms with E-state index in [9.17, 15) is 23.3 Å². The lowest BCUT2D eigenvalue weighted by atomic mass is 10.0. The Morgan fingerprint density at radius 2 is 1.79 bits per heavy atom. The number of sulfonamides is 1. The van der Waals surface area contributed by atoms with E-state index in [2.05, 4.69) is 0 Å². The van der Waals surface area contributed by atoms with Gasteiger partial charge in [0.2, 0.25) is 0 Å². The summed E-state index contributed by atoms with van der Waals surface area (Å²) in [4.78, 5) is 22.8. The van der Waals surface area contributed by atoms with Crippen LogP contribution in [0.5, 0.6) is 0 Å². The van der Waals surface area contributed by atoms with Gasteiger partial charge in [-0.15, -0.1) is 0 Å². The van der Waals surface area contributed by atoms with Crippen molar-refractivity contribution in [3.8, 4) is 0 Å². The van der Waals surface area contributed by atoms with Crippen LogP contribution in [0.3, 0.4) is 0 Å². The number of nitro groups is 1. The summed E-state index contributed by atoms with van der Waals surface area (Å²) in [5, 5.41) is 11.3. The summed E-state index contributed by atoms with van der Waals surface area (Å²) >= 11 is 2.01. The number of para-hydroxylation sites is 1. The molecule has 0 bridgehead atoms. The molecule has 10 heteroatoms. The normalized spacial score (nSPS) is 20.5. The second-order valence-electron chi connectivity index (χ2n) is 6.22. The molecule has 0 radical (unpaired) electrons. The first-order valence-corrected chi connectivity index (χ1v) is 11.4. The molecule has 0 saturated carbocycles. The van der Waals surface area contributed by atoms with E-state index in [1.54, 1.807) is 24.3 Å². The lowest BCUT2D eigenvalue weighted by Crippen LogP contribution is -2.56. The maximum atomic E-state index is 13.3. The molecule has 1 fully saturated rings. The molecular weight excluding hydrogens is 499 g/mol. The van der Waals surface area contributed by atoms with Crippen LogP contribution in [0.4, 0.5) is 5.69 Å². The number of nitro benzene ring substituents is 1. The van der Waals surface area contributed by atoms with Gasteiger partial charge in [0, 0.05) is 10.5 Å². The Labute approximate surface area is 175 Å². The van der Waals surface area contributed by atoms with E-state index in [-0.39, 0.29) is 13.0 Å². The second-order valence-corrected chi connectivity index (χ2v) is 8.96. The quantitative estimate of drug-likeness (QED) is 0.192. The number of rotatable bonds is 6. The minimum Gasteiger partial charge on any atom is -0.459 e. The third-order valence-electron chi connectivity index (χ3n) is 4.38. The molecular formula is C18H17IN2O6S. The zero-order valence-corrected chi connectivity index (χ0v) is 17.6. The third kappa shape index (κ3) is 4.18. The van der Waals surface area contributed by atoms with E-state index in [0.717, 1.165) is 15.9 Å². The lowest BCUT2D eigenvalue weighted by Gasteiger charge is -2.36. The van der Waals surface area contributed by atoms with Crippen molar-refractivity contribution in [2.75, 3.05) is 11.0 Å². The molecule has 2 atom stereocenters. The molecule has 0 aromatic heterocycles. The first-order valence-electron chi connectivity index (χ1n) is 8.40. The average molecular weight is 516 g/mol. The smallest absolute Gasteiger partial charge is 0.325 e. The van der Waals surface area contributed by atoms with Gasteiger partial charge in [0.1, 0.15) is 12.1 Å². The Morgan fingerprint density at radius 1 is 1.14 bits per heavy atom. The van der Waals surface area contributed by atoms with E-state index in [0.29, 0.717) is 4.43 Å². The molecule has 3 rings (SSSR count). The maximum absolute atomic E-state index is 13.3. The zero-order chi connectivity index (χ0) is 20.3. The number of ether oxygens (including phenoxy) is 1. The monoisotopic (exact) mass is 516 g/mol. The molecule has 0 unspecified atom stereocenters. The summed E-state index contributed by atoms with van der Waals surface area (Å²) < 4.78 is 33.5. The van der Waals surface area contributed by atoms with Crippen LogP contribution in [0.15, 0.2) is 59.5 Å². The second kappa shape index (κ2) is 8.53. The van der Waals surface area contributed by atoms with Crippen molar-refractivity contribution in [1.29, 1.82) is 0 Å². The number of carbonyl (C=O) groups is 1. The van der Waals surface area contributed by atoms with Gasteiger partial charge in [0.25, 0.3) is 15.7 Å². The van der Waals surface area contributed by atoms with Crippen molar-refractivity contribution >= 4 is 44.3 Å². The Bertz CT molecular complexity index is 983. The fraction of sp³-hybridized carbons (Fsp3) is 0.278. The number of hydrogen-bond donors (Lipinski definition) is 0. The predicted octanol–water partition coefficient (Wildman–Crippen LogP) is 2.56. The van der Waals surface area contributed by atoms with Gasteiger partial charge in [-0.25, -0.2) is 8.42 Å². The number of carbonyl (C=O) groups excluding carboxylic acids is 1. The Balaban J connectivity index is 2.05.